The third-order valence-electron chi connectivity index (χ3n) is 4.93. The zero-order valence-corrected chi connectivity index (χ0v) is 23.1. The van der Waals surface area contributed by atoms with Crippen LogP contribution in [0.5, 0.6) is 0 Å². The monoisotopic (exact) mass is 546 g/mol. The van der Waals surface area contributed by atoms with Gasteiger partial charge in [-0.3, -0.25) is 9.59 Å². The van der Waals surface area contributed by atoms with Crippen molar-refractivity contribution in [3.8, 4) is 0 Å². The Bertz CT molecular complexity index is 870. The Morgan fingerprint density at radius 1 is 0.868 bits per heavy atom. The maximum absolute atomic E-state index is 11.6. The van der Waals surface area contributed by atoms with E-state index in [0.29, 0.717) is 13.1 Å². The van der Waals surface area contributed by atoms with Gasteiger partial charge >= 0.3 is 36.1 Å². The molecular formula is C24H38N2O12. The van der Waals surface area contributed by atoms with E-state index in [0.717, 1.165) is 12.2 Å². The average molecular weight is 547 g/mol. The van der Waals surface area contributed by atoms with E-state index in [9.17, 15) is 28.8 Å². The van der Waals surface area contributed by atoms with Crippen LogP contribution < -0.4 is 0 Å². The summed E-state index contributed by atoms with van der Waals surface area (Å²) in [7, 11) is 5.65. The number of carbonyl (C=O) groups is 6. The van der Waals surface area contributed by atoms with Gasteiger partial charge in [0.2, 0.25) is 0 Å². The SMILES string of the molecule is CC.COC(=O)/C=C\C(=O)OC[C@H]1CN(C)C(=O)O1.COC(=O)CCC(=O)OC(C)(C)C1CN(C)C(=O)O1. The van der Waals surface area contributed by atoms with Gasteiger partial charge in [-0.05, 0) is 13.8 Å². The minimum Gasteiger partial charge on any atom is -0.469 e. The lowest BCUT2D eigenvalue weighted by atomic mass is 10.0. The van der Waals surface area contributed by atoms with Crippen molar-refractivity contribution in [2.75, 3.05) is 48.0 Å². The van der Waals surface area contributed by atoms with Crippen LogP contribution in [0.3, 0.4) is 0 Å². The molecule has 0 saturated carbocycles. The quantitative estimate of drug-likeness (QED) is 0.232. The molecule has 0 spiro atoms. The average Bonchev–Trinajstić information content (AvgIpc) is 3.40. The molecule has 2 aliphatic rings. The van der Waals surface area contributed by atoms with E-state index in [-0.39, 0.29) is 19.4 Å². The highest BCUT2D eigenvalue weighted by atomic mass is 16.6. The van der Waals surface area contributed by atoms with Crippen molar-refractivity contribution in [2.24, 2.45) is 0 Å². The molecule has 0 aromatic heterocycles. The summed E-state index contributed by atoms with van der Waals surface area (Å²) in [5.74, 6) is -2.34. The molecule has 2 fully saturated rings. The van der Waals surface area contributed by atoms with Crippen molar-refractivity contribution in [3.05, 3.63) is 12.2 Å². The normalized spacial score (nSPS) is 18.3. The molecule has 216 valence electrons. The molecule has 0 aromatic carbocycles. The zero-order valence-electron chi connectivity index (χ0n) is 23.1. The first-order valence-corrected chi connectivity index (χ1v) is 11.8. The van der Waals surface area contributed by atoms with Crippen LogP contribution in [-0.4, -0.2) is 112 Å². The van der Waals surface area contributed by atoms with E-state index in [1.807, 2.05) is 13.8 Å². The largest absolute Gasteiger partial charge is 0.469 e. The molecule has 38 heavy (non-hydrogen) atoms. The highest BCUT2D eigenvalue weighted by Crippen LogP contribution is 2.24. The number of hydrogen-bond acceptors (Lipinski definition) is 12. The summed E-state index contributed by atoms with van der Waals surface area (Å²) in [4.78, 5) is 69.3. The van der Waals surface area contributed by atoms with E-state index in [4.69, 9.17) is 18.9 Å². The first-order valence-electron chi connectivity index (χ1n) is 11.8. The van der Waals surface area contributed by atoms with E-state index in [1.165, 1.54) is 24.0 Å². The zero-order chi connectivity index (χ0) is 29.5. The molecule has 14 nitrogen and oxygen atoms in total. The fraction of sp³-hybridized carbons (Fsp3) is 0.667. The van der Waals surface area contributed by atoms with Gasteiger partial charge in [-0.2, -0.15) is 0 Å². The molecule has 1 unspecified atom stereocenters. The third-order valence-corrected chi connectivity index (χ3v) is 4.93. The van der Waals surface area contributed by atoms with Crippen molar-refractivity contribution >= 4 is 36.1 Å². The molecule has 0 radical (unpaired) electrons. The van der Waals surface area contributed by atoms with Crippen molar-refractivity contribution in [3.63, 3.8) is 0 Å². The molecule has 0 aromatic rings. The maximum Gasteiger partial charge on any atom is 0.410 e. The number of cyclic esters (lactones) is 2. The molecule has 0 bridgehead atoms. The predicted molar refractivity (Wildman–Crippen MR) is 131 cm³/mol. The standard InChI is InChI=1S/C12H19NO6.C10H13NO6.C2H6/c1-12(2,8-7-13(3)11(16)18-8)19-10(15)6-5-9(14)17-4;1-11-5-7(17-10(11)14)6-16-9(13)4-3-8(12)15-2;1-2/h8H,5-7H2,1-4H3;3-4,7H,5-6H2,1-2H3;1-2H3/b;4-3-;/t;7-;/m.1./s1. The number of rotatable bonds is 9. The maximum atomic E-state index is 11.6. The third kappa shape index (κ3) is 12.4. The summed E-state index contributed by atoms with van der Waals surface area (Å²) in [6.45, 7) is 8.02. The molecule has 2 heterocycles. The van der Waals surface area contributed by atoms with Crippen LogP contribution in [0.2, 0.25) is 0 Å². The molecule has 2 saturated heterocycles. The highest BCUT2D eigenvalue weighted by Gasteiger charge is 2.42. The Morgan fingerprint density at radius 3 is 1.87 bits per heavy atom. The van der Waals surface area contributed by atoms with Crippen LogP contribution >= 0.6 is 0 Å². The van der Waals surface area contributed by atoms with Gasteiger partial charge in [-0.15, -0.1) is 0 Å². The number of likely N-dealkylation sites (N-methyl/N-ethyl adjacent to an activating group) is 2. The summed E-state index contributed by atoms with van der Waals surface area (Å²) in [5.41, 5.74) is -0.937. The topological polar surface area (TPSA) is 164 Å². The Labute approximate surface area is 222 Å². The van der Waals surface area contributed by atoms with Gasteiger partial charge in [0.05, 0.1) is 40.2 Å². The number of carbonyl (C=O) groups excluding carboxylic acids is 6. The molecule has 0 N–H and O–H groups in total. The van der Waals surface area contributed by atoms with Crippen molar-refractivity contribution in [1.82, 2.24) is 9.80 Å². The second-order valence-electron chi connectivity index (χ2n) is 8.28. The Morgan fingerprint density at radius 2 is 1.39 bits per heavy atom. The molecule has 2 aliphatic heterocycles. The van der Waals surface area contributed by atoms with Crippen molar-refractivity contribution < 1.29 is 57.2 Å². The van der Waals surface area contributed by atoms with Crippen LogP contribution in [-0.2, 0) is 47.6 Å². The van der Waals surface area contributed by atoms with E-state index in [2.05, 4.69) is 9.47 Å². The number of esters is 4. The number of hydrogen-bond donors (Lipinski definition) is 0. The van der Waals surface area contributed by atoms with Crippen LogP contribution in [0.4, 0.5) is 9.59 Å². The van der Waals surface area contributed by atoms with E-state index in [1.54, 1.807) is 27.9 Å². The van der Waals surface area contributed by atoms with Crippen molar-refractivity contribution in [2.45, 2.75) is 58.3 Å². The minimum atomic E-state index is -0.937. The van der Waals surface area contributed by atoms with Gasteiger partial charge in [-0.1, -0.05) is 13.8 Å². The first-order chi connectivity index (χ1) is 17.8. The second kappa shape index (κ2) is 16.8. The van der Waals surface area contributed by atoms with Gasteiger partial charge in [-0.25, -0.2) is 19.2 Å². The van der Waals surface area contributed by atoms with Gasteiger partial charge < -0.3 is 38.2 Å². The van der Waals surface area contributed by atoms with Crippen molar-refractivity contribution in [1.29, 1.82) is 0 Å². The summed E-state index contributed by atoms with van der Waals surface area (Å²) in [6.07, 6.45) is -0.0704. The van der Waals surface area contributed by atoms with Crippen LogP contribution in [0.15, 0.2) is 12.2 Å². The lowest BCUT2D eigenvalue weighted by molar-refractivity contribution is -0.166. The minimum absolute atomic E-state index is 0.0320. The molecule has 2 atom stereocenters. The Hall–Kier alpha value is -3.84. The molecular weight excluding hydrogens is 508 g/mol. The van der Waals surface area contributed by atoms with E-state index >= 15 is 0 Å². The second-order valence-corrected chi connectivity index (χ2v) is 8.28. The Balaban J connectivity index is 0.000000680. The fourth-order valence-electron chi connectivity index (χ4n) is 2.81. The summed E-state index contributed by atoms with van der Waals surface area (Å²) < 4.78 is 28.7. The van der Waals surface area contributed by atoms with Gasteiger partial charge in [0.15, 0.2) is 12.2 Å². The van der Waals surface area contributed by atoms with E-state index < -0.39 is 53.9 Å². The lowest BCUT2D eigenvalue weighted by Gasteiger charge is -2.29. The van der Waals surface area contributed by atoms with Crippen LogP contribution in [0, 0.1) is 0 Å². The van der Waals surface area contributed by atoms with Crippen LogP contribution in [0.25, 0.3) is 0 Å². The van der Waals surface area contributed by atoms with Crippen LogP contribution in [0.1, 0.15) is 40.5 Å². The smallest absolute Gasteiger partial charge is 0.410 e. The number of ether oxygens (including phenoxy) is 6. The summed E-state index contributed by atoms with van der Waals surface area (Å²) in [6, 6.07) is 0. The molecule has 2 amide bonds. The van der Waals surface area contributed by atoms with Gasteiger partial charge in [0, 0.05) is 26.2 Å². The lowest BCUT2D eigenvalue weighted by Crippen LogP contribution is -2.43. The summed E-state index contributed by atoms with van der Waals surface area (Å²) >= 11 is 0. The van der Waals surface area contributed by atoms with Gasteiger partial charge in [0.25, 0.3) is 0 Å². The molecule has 2 rings (SSSR count). The number of nitrogens with zero attached hydrogens (tertiary/aromatic N) is 2. The van der Waals surface area contributed by atoms with Gasteiger partial charge in [0.1, 0.15) is 12.2 Å². The molecule has 14 heteroatoms. The first kappa shape index (κ1) is 34.2. The fourth-order valence-corrected chi connectivity index (χ4v) is 2.81. The molecule has 0 aliphatic carbocycles. The predicted octanol–water partition coefficient (Wildman–Crippen LogP) is 1.45. The highest BCUT2D eigenvalue weighted by molar-refractivity contribution is 5.91. The Kier molecular flexibility index (Phi) is 15.1. The summed E-state index contributed by atoms with van der Waals surface area (Å²) in [5, 5.41) is 0. The number of methoxy groups -OCH3 is 2. The number of amides is 2.